The minimum absolute atomic E-state index is 0.0184. The Morgan fingerprint density at radius 2 is 2.38 bits per heavy atom. The number of nitrogens with two attached hydrogens (primary N) is 2. The minimum atomic E-state index is -0.496. The third-order valence-electron chi connectivity index (χ3n) is 0.709. The second kappa shape index (κ2) is 3.76. The molecule has 0 unspecified atom stereocenters. The second-order valence-corrected chi connectivity index (χ2v) is 40.7. The Kier molecular flexibility index (Phi) is 3.67. The van der Waals surface area contributed by atoms with E-state index in [1.54, 1.807) is 0 Å². The monoisotopic (exact) mass is 542 g/mol. The standard InChI is InChI=1S/C3H5N2.U.V.W/c1-3(5)2-4;;;/h1H,4-5H2;;;. The Balaban J connectivity index is 2.93. The average Bonchev–Trinajstić information content (AvgIpc) is 1.77. The third kappa shape index (κ3) is 2.14. The Morgan fingerprint density at radius 1 is 1.62 bits per heavy atom. The predicted octanol–water partition coefficient (Wildman–Crippen LogP) is -1.03. The van der Waals surface area contributed by atoms with E-state index in [0.717, 1.165) is 16.3 Å². The molecule has 1 aliphatic heterocycles. The molecule has 0 bridgehead atoms. The van der Waals surface area contributed by atoms with E-state index in [-0.39, 0.29) is 15.6 Å². The molecule has 1 aliphatic rings. The molecule has 0 aliphatic carbocycles. The van der Waals surface area contributed by atoms with Gasteiger partial charge in [-0.1, -0.05) is 0 Å². The fraction of sp³-hybridized carbons (Fsp3) is 0. The van der Waals surface area contributed by atoms with Gasteiger partial charge in [0.2, 0.25) is 0 Å². The predicted molar refractivity (Wildman–Crippen MR) is 21.5 cm³/mol. The van der Waals surface area contributed by atoms with Crippen LogP contribution in [0.4, 0.5) is 0 Å². The van der Waals surface area contributed by atoms with E-state index < -0.39 is 24.2 Å². The van der Waals surface area contributed by atoms with Crippen molar-refractivity contribution < 1.29 is 47.7 Å². The zero-order valence-corrected chi connectivity index (χ0v) is 12.6. The van der Waals surface area contributed by atoms with Gasteiger partial charge in [-0.25, -0.2) is 0 Å². The molecule has 4 N–H and O–H groups in total. The number of hydrogen-bond donors (Lipinski definition) is 2. The molecule has 0 radical (unpaired) electrons. The molecule has 0 saturated heterocycles. The van der Waals surface area contributed by atoms with Gasteiger partial charge in [-0.3, -0.25) is 0 Å². The van der Waals surface area contributed by atoms with E-state index in [1.165, 1.54) is 0 Å². The Labute approximate surface area is 70.7 Å². The van der Waals surface area contributed by atoms with E-state index >= 15 is 0 Å². The summed E-state index contributed by atoms with van der Waals surface area (Å²) in [6.07, 6.45) is 0. The average molecular weight is 542 g/mol. The van der Waals surface area contributed by atoms with Crippen molar-refractivity contribution in [3.8, 4) is 0 Å². The van der Waals surface area contributed by atoms with Gasteiger partial charge >= 0.3 is 71.9 Å². The molecule has 8 heavy (non-hydrogen) atoms. The van der Waals surface area contributed by atoms with E-state index in [9.17, 15) is 0 Å². The molecule has 0 amide bonds. The third-order valence-corrected chi connectivity index (χ3v) is 39.9. The molecule has 42 valence electrons. The van der Waals surface area contributed by atoms with Crippen molar-refractivity contribution in [1.82, 2.24) is 0 Å². The molecule has 1 heterocycles. The summed E-state index contributed by atoms with van der Waals surface area (Å²) in [5.41, 5.74) is 12.2. The summed E-state index contributed by atoms with van der Waals surface area (Å²) in [6.45, 7) is 0. The maximum absolute atomic E-state index is 5.64. The fourth-order valence-electron chi connectivity index (χ4n) is 0.287. The first-order chi connectivity index (χ1) is 3.80. The van der Waals surface area contributed by atoms with E-state index in [1.807, 2.05) is 0 Å². The van der Waals surface area contributed by atoms with Gasteiger partial charge < -0.3 is 0 Å². The van der Waals surface area contributed by atoms with Crippen molar-refractivity contribution in [2.24, 2.45) is 11.5 Å². The molecule has 0 aromatic rings. The van der Waals surface area contributed by atoms with Gasteiger partial charge in [0.1, 0.15) is 0 Å². The second-order valence-electron chi connectivity index (χ2n) is 1.30. The van der Waals surface area contributed by atoms with Gasteiger partial charge in [0.05, 0.1) is 0 Å². The summed E-state index contributed by atoms with van der Waals surface area (Å²) in [4.78, 5) is 0. The van der Waals surface area contributed by atoms with E-state index in [0.29, 0.717) is 0 Å². The van der Waals surface area contributed by atoms with Crippen LogP contribution in [0.5, 0.6) is 0 Å². The van der Waals surface area contributed by atoms with Crippen LogP contribution in [0, 0.1) is 24.2 Å². The van der Waals surface area contributed by atoms with Gasteiger partial charge in [0.25, 0.3) is 0 Å². The summed E-state index contributed by atoms with van der Waals surface area (Å²) >= 11 is -0.478. The van der Waals surface area contributed by atoms with Crippen LogP contribution < -0.4 is 11.5 Å². The molecule has 0 fully saturated rings. The van der Waals surface area contributed by atoms with Crippen LogP contribution in [0.15, 0.2) is 10.2 Å². The summed E-state index contributed by atoms with van der Waals surface area (Å²) in [5.74, 6) is 0. The molecule has 1 rings (SSSR count). The molecular formula is C3H5N2UVW. The molecule has 2 nitrogen and oxygen atoms in total. The first-order valence-corrected chi connectivity index (χ1v) is 20.1. The van der Waals surface area contributed by atoms with E-state index in [2.05, 4.69) is 4.47 Å². The molecule has 5 heteroatoms. The first kappa shape index (κ1) is 7.80. The molecule has 0 saturated carbocycles. The van der Waals surface area contributed by atoms with Gasteiger partial charge in [0.15, 0.2) is 0 Å². The van der Waals surface area contributed by atoms with Crippen molar-refractivity contribution >= 4 is 2.65 Å². The van der Waals surface area contributed by atoms with Crippen molar-refractivity contribution in [3.63, 3.8) is 0 Å². The quantitative estimate of drug-likeness (QED) is 0.412. The van der Waals surface area contributed by atoms with Crippen LogP contribution in [0.3, 0.4) is 0 Å². The Hall–Kier alpha value is 1.69. The molecular weight excluding hydrogens is 537 g/mol. The van der Waals surface area contributed by atoms with Crippen molar-refractivity contribution in [3.05, 3.63) is 10.2 Å². The normalized spacial score (nSPS) is 16.6. The van der Waals surface area contributed by atoms with Crippen molar-refractivity contribution in [2.45, 2.75) is 0 Å². The fourth-order valence-corrected chi connectivity index (χ4v) is 39.0. The molecule has 0 spiro atoms. The van der Waals surface area contributed by atoms with E-state index in [4.69, 9.17) is 11.5 Å². The summed E-state index contributed by atoms with van der Waals surface area (Å²) in [7, 11) is 0.827. The van der Waals surface area contributed by atoms with Crippen LogP contribution in [0.2, 0.25) is 0 Å². The number of hydrogen-bond acceptors (Lipinski definition) is 2. The molecule has 0 aromatic carbocycles. The van der Waals surface area contributed by atoms with Crippen LogP contribution >= 0.6 is 0 Å². The van der Waals surface area contributed by atoms with Crippen molar-refractivity contribution in [2.75, 3.05) is 0 Å². The van der Waals surface area contributed by atoms with Crippen LogP contribution in [0.25, 0.3) is 0 Å². The van der Waals surface area contributed by atoms with Gasteiger partial charge in [-0.15, -0.1) is 0 Å². The maximum atomic E-state index is 5.64. The zero-order chi connectivity index (χ0) is 5.98. The summed E-state index contributed by atoms with van der Waals surface area (Å²) in [5, 5.41) is 0. The van der Waals surface area contributed by atoms with Crippen LogP contribution in [-0.4, -0.2) is 2.65 Å². The van der Waals surface area contributed by atoms with Crippen LogP contribution in [0.1, 0.15) is 0 Å². The summed E-state index contributed by atoms with van der Waals surface area (Å²) < 4.78 is 3.40. The first-order valence-electron chi connectivity index (χ1n) is 2.01. The molecule has 0 atom stereocenters. The zero-order valence-electron chi connectivity index (χ0n) is 4.09. The van der Waals surface area contributed by atoms with Crippen molar-refractivity contribution in [1.29, 1.82) is 0 Å². The summed E-state index contributed by atoms with van der Waals surface area (Å²) in [6, 6.07) is 0. The molecule has 0 aromatic heterocycles. The topological polar surface area (TPSA) is 52.0 Å². The van der Waals surface area contributed by atoms with Gasteiger partial charge in [0, 0.05) is 0 Å². The van der Waals surface area contributed by atoms with Gasteiger partial charge in [-0.2, -0.15) is 0 Å². The SMILES string of the molecule is NC1=[CH][W]=[V][U]=[C]1N. The number of rotatable bonds is 0. The Morgan fingerprint density at radius 3 is 2.75 bits per heavy atom. The van der Waals surface area contributed by atoms with Crippen LogP contribution in [-0.2, 0) is 23.5 Å². The Bertz CT molecular complexity index is 166. The van der Waals surface area contributed by atoms with Gasteiger partial charge in [-0.05, 0) is 0 Å².